The monoisotopic (exact) mass is 338 g/mol. The molecular weight excluding hydrogens is 321 g/mol. The fraction of sp³-hybridized carbons (Fsp3) is 0.278. The standard InChI is InChI=1S/C18H17F3O3/c19-18(20,21)15-10-8-14(9-11-15)13-6-4-12(5-7-13)2-1-3-16(22)17(23)24/h4-11,16,22H,1-3H2,(H,23,24). The maximum atomic E-state index is 12.5. The van der Waals surface area contributed by atoms with E-state index in [0.29, 0.717) is 18.4 Å². The van der Waals surface area contributed by atoms with Crippen molar-refractivity contribution in [2.45, 2.75) is 31.5 Å². The number of aliphatic hydroxyl groups is 1. The number of hydrogen-bond donors (Lipinski definition) is 2. The van der Waals surface area contributed by atoms with Gasteiger partial charge in [-0.3, -0.25) is 0 Å². The summed E-state index contributed by atoms with van der Waals surface area (Å²) in [7, 11) is 0. The van der Waals surface area contributed by atoms with Gasteiger partial charge in [0.1, 0.15) is 0 Å². The molecule has 0 aromatic heterocycles. The van der Waals surface area contributed by atoms with Crippen LogP contribution in [0.25, 0.3) is 11.1 Å². The first kappa shape index (κ1) is 18.0. The Bertz CT molecular complexity index is 676. The average molecular weight is 338 g/mol. The first-order chi connectivity index (χ1) is 11.3. The molecule has 0 heterocycles. The molecule has 0 aliphatic rings. The molecule has 128 valence electrons. The van der Waals surface area contributed by atoms with Crippen molar-refractivity contribution in [1.29, 1.82) is 0 Å². The van der Waals surface area contributed by atoms with Crippen LogP contribution in [-0.2, 0) is 17.4 Å². The van der Waals surface area contributed by atoms with E-state index < -0.39 is 23.8 Å². The molecule has 0 saturated carbocycles. The zero-order valence-electron chi connectivity index (χ0n) is 12.8. The molecule has 0 saturated heterocycles. The normalized spacial score (nSPS) is 12.8. The van der Waals surface area contributed by atoms with Gasteiger partial charge < -0.3 is 10.2 Å². The second-order valence-corrected chi connectivity index (χ2v) is 5.52. The number of alkyl halides is 3. The summed E-state index contributed by atoms with van der Waals surface area (Å²) in [5.41, 5.74) is 1.79. The van der Waals surface area contributed by atoms with E-state index in [4.69, 9.17) is 5.11 Å². The molecule has 0 amide bonds. The predicted octanol–water partition coefficient (Wildman–Crippen LogP) is 4.14. The van der Waals surface area contributed by atoms with Crippen molar-refractivity contribution in [1.82, 2.24) is 0 Å². The summed E-state index contributed by atoms with van der Waals surface area (Å²) in [5.74, 6) is -1.23. The van der Waals surface area contributed by atoms with E-state index in [9.17, 15) is 23.1 Å². The van der Waals surface area contributed by atoms with Gasteiger partial charge in [0.15, 0.2) is 6.10 Å². The fourth-order valence-electron chi connectivity index (χ4n) is 2.34. The highest BCUT2D eigenvalue weighted by Gasteiger charge is 2.29. The van der Waals surface area contributed by atoms with E-state index >= 15 is 0 Å². The van der Waals surface area contributed by atoms with Crippen molar-refractivity contribution in [3.05, 3.63) is 59.7 Å². The van der Waals surface area contributed by atoms with E-state index in [2.05, 4.69) is 0 Å². The lowest BCUT2D eigenvalue weighted by Crippen LogP contribution is -2.19. The summed E-state index contributed by atoms with van der Waals surface area (Å²) >= 11 is 0. The van der Waals surface area contributed by atoms with Crippen LogP contribution in [-0.4, -0.2) is 22.3 Å². The Morgan fingerprint density at radius 2 is 1.46 bits per heavy atom. The zero-order valence-corrected chi connectivity index (χ0v) is 12.8. The third kappa shape index (κ3) is 4.83. The lowest BCUT2D eigenvalue weighted by molar-refractivity contribution is -0.147. The van der Waals surface area contributed by atoms with Gasteiger partial charge in [-0.05, 0) is 48.1 Å². The van der Waals surface area contributed by atoms with Gasteiger partial charge in [0, 0.05) is 0 Å². The van der Waals surface area contributed by atoms with Crippen molar-refractivity contribution in [3.63, 3.8) is 0 Å². The third-order valence-corrected chi connectivity index (χ3v) is 3.73. The minimum Gasteiger partial charge on any atom is -0.479 e. The number of aryl methyl sites for hydroxylation is 1. The minimum absolute atomic E-state index is 0.177. The molecule has 0 radical (unpaired) electrons. The minimum atomic E-state index is -4.34. The summed E-state index contributed by atoms with van der Waals surface area (Å²) in [6.07, 6.45) is -4.36. The smallest absolute Gasteiger partial charge is 0.416 e. The number of halogens is 3. The molecule has 1 unspecified atom stereocenters. The Labute approximate surface area is 137 Å². The van der Waals surface area contributed by atoms with Gasteiger partial charge in [-0.2, -0.15) is 13.2 Å². The number of aliphatic carboxylic acids is 1. The molecule has 2 aromatic rings. The lowest BCUT2D eigenvalue weighted by atomic mass is 10.00. The highest BCUT2D eigenvalue weighted by molar-refractivity contribution is 5.71. The summed E-state index contributed by atoms with van der Waals surface area (Å²) < 4.78 is 37.6. The Morgan fingerprint density at radius 1 is 0.958 bits per heavy atom. The molecule has 2 rings (SSSR count). The second kappa shape index (κ2) is 7.49. The molecule has 0 spiro atoms. The van der Waals surface area contributed by atoms with Gasteiger partial charge in [0.05, 0.1) is 5.56 Å². The van der Waals surface area contributed by atoms with Gasteiger partial charge >= 0.3 is 12.1 Å². The summed E-state index contributed by atoms with van der Waals surface area (Å²) in [6.45, 7) is 0. The summed E-state index contributed by atoms with van der Waals surface area (Å²) in [5, 5.41) is 17.8. The van der Waals surface area contributed by atoms with Gasteiger partial charge in [0.25, 0.3) is 0 Å². The van der Waals surface area contributed by atoms with E-state index in [1.807, 2.05) is 24.3 Å². The van der Waals surface area contributed by atoms with Crippen LogP contribution in [0.1, 0.15) is 24.0 Å². The summed E-state index contributed by atoms with van der Waals surface area (Å²) in [4.78, 5) is 10.5. The SMILES string of the molecule is O=C(O)C(O)CCCc1ccc(-c2ccc(C(F)(F)F)cc2)cc1. The Balaban J connectivity index is 1.98. The number of aliphatic hydroxyl groups excluding tert-OH is 1. The van der Waals surface area contributed by atoms with Crippen LogP contribution in [0.4, 0.5) is 13.2 Å². The molecule has 6 heteroatoms. The maximum absolute atomic E-state index is 12.5. The van der Waals surface area contributed by atoms with Gasteiger partial charge in [-0.25, -0.2) is 4.79 Å². The number of carbonyl (C=O) groups is 1. The molecule has 0 aliphatic heterocycles. The lowest BCUT2D eigenvalue weighted by Gasteiger charge is -2.09. The van der Waals surface area contributed by atoms with E-state index in [-0.39, 0.29) is 6.42 Å². The predicted molar refractivity (Wildman–Crippen MR) is 83.5 cm³/mol. The van der Waals surface area contributed by atoms with Gasteiger partial charge in [-0.1, -0.05) is 36.4 Å². The largest absolute Gasteiger partial charge is 0.479 e. The van der Waals surface area contributed by atoms with E-state index in [1.165, 1.54) is 12.1 Å². The van der Waals surface area contributed by atoms with Crippen molar-refractivity contribution >= 4 is 5.97 Å². The Kier molecular flexibility index (Phi) is 5.62. The Morgan fingerprint density at radius 3 is 1.92 bits per heavy atom. The van der Waals surface area contributed by atoms with Crippen LogP contribution in [0.5, 0.6) is 0 Å². The molecule has 0 aliphatic carbocycles. The second-order valence-electron chi connectivity index (χ2n) is 5.52. The fourth-order valence-corrected chi connectivity index (χ4v) is 2.34. The quantitative estimate of drug-likeness (QED) is 0.832. The maximum Gasteiger partial charge on any atom is 0.416 e. The molecule has 1 atom stereocenters. The molecule has 2 aromatic carbocycles. The van der Waals surface area contributed by atoms with Crippen molar-refractivity contribution in [3.8, 4) is 11.1 Å². The average Bonchev–Trinajstić information content (AvgIpc) is 2.54. The number of carboxylic acids is 1. The van der Waals surface area contributed by atoms with Crippen LogP contribution in [0.2, 0.25) is 0 Å². The first-order valence-electron chi connectivity index (χ1n) is 7.45. The molecule has 0 bridgehead atoms. The molecular formula is C18H17F3O3. The van der Waals surface area contributed by atoms with Crippen LogP contribution in [0, 0.1) is 0 Å². The topological polar surface area (TPSA) is 57.5 Å². The number of hydrogen-bond acceptors (Lipinski definition) is 2. The molecule has 3 nitrogen and oxygen atoms in total. The van der Waals surface area contributed by atoms with Gasteiger partial charge in [-0.15, -0.1) is 0 Å². The first-order valence-corrected chi connectivity index (χ1v) is 7.45. The van der Waals surface area contributed by atoms with Crippen LogP contribution < -0.4 is 0 Å². The van der Waals surface area contributed by atoms with Crippen LogP contribution in [0.3, 0.4) is 0 Å². The Hall–Kier alpha value is -2.34. The molecule has 24 heavy (non-hydrogen) atoms. The third-order valence-electron chi connectivity index (χ3n) is 3.73. The number of carboxylic acid groups (broad SMARTS) is 1. The van der Waals surface area contributed by atoms with Crippen LogP contribution >= 0.6 is 0 Å². The highest BCUT2D eigenvalue weighted by atomic mass is 19.4. The van der Waals surface area contributed by atoms with Crippen LogP contribution in [0.15, 0.2) is 48.5 Å². The molecule has 2 N–H and O–H groups in total. The number of rotatable bonds is 6. The van der Waals surface area contributed by atoms with Crippen molar-refractivity contribution in [2.24, 2.45) is 0 Å². The highest BCUT2D eigenvalue weighted by Crippen LogP contribution is 2.31. The zero-order chi connectivity index (χ0) is 17.7. The number of benzene rings is 2. The van der Waals surface area contributed by atoms with Crippen molar-refractivity contribution in [2.75, 3.05) is 0 Å². The van der Waals surface area contributed by atoms with Crippen molar-refractivity contribution < 1.29 is 28.2 Å². The summed E-state index contributed by atoms with van der Waals surface area (Å²) in [6, 6.07) is 12.3. The van der Waals surface area contributed by atoms with Gasteiger partial charge in [0.2, 0.25) is 0 Å². The van der Waals surface area contributed by atoms with E-state index in [0.717, 1.165) is 23.3 Å². The van der Waals surface area contributed by atoms with E-state index in [1.54, 1.807) is 0 Å². The molecule has 0 fully saturated rings.